The normalized spacial score (nSPS) is 38.3. The van der Waals surface area contributed by atoms with Crippen molar-refractivity contribution in [1.82, 2.24) is 0 Å². The molecular weight excluding hydrogens is 240 g/mol. The fourth-order valence-corrected chi connectivity index (χ4v) is 4.45. The van der Waals surface area contributed by atoms with E-state index in [2.05, 4.69) is 6.92 Å². The average Bonchev–Trinajstić information content (AvgIpc) is 2.43. The zero-order valence-electron chi connectivity index (χ0n) is 12.1. The predicted molar refractivity (Wildman–Crippen MR) is 73.5 cm³/mol. The molecule has 0 aromatic carbocycles. The Hall–Kier alpha value is -0.860. The third-order valence-corrected chi connectivity index (χ3v) is 5.30. The van der Waals surface area contributed by atoms with Crippen LogP contribution in [-0.2, 0) is 14.3 Å². The van der Waals surface area contributed by atoms with Crippen molar-refractivity contribution < 1.29 is 14.3 Å². The van der Waals surface area contributed by atoms with E-state index in [0.29, 0.717) is 30.3 Å². The molecule has 0 aliphatic heterocycles. The molecule has 0 heterocycles. The molecule has 0 aromatic rings. The summed E-state index contributed by atoms with van der Waals surface area (Å²) in [6, 6.07) is 0. The molecule has 2 fully saturated rings. The number of hydrogen-bond acceptors (Lipinski definition) is 3. The second-order valence-corrected chi connectivity index (χ2v) is 6.29. The summed E-state index contributed by atoms with van der Waals surface area (Å²) in [5.41, 5.74) is 0. The van der Waals surface area contributed by atoms with Crippen LogP contribution in [0.2, 0.25) is 0 Å². The SMILES string of the molecule is CC[C@H]1[C@H](COC(C)=O)C[C@@H]2CCCC[C@H]2[C@@H]1C=O. The standard InChI is InChI=1S/C16H26O3/c1-3-14-13(10-19-11(2)18)8-12-6-4-5-7-15(12)16(14)9-17/h9,12-16H,3-8,10H2,1-2H3/t12-,13-,14-,15+,16+/m0/s1. The van der Waals surface area contributed by atoms with Crippen LogP contribution in [0.3, 0.4) is 0 Å². The van der Waals surface area contributed by atoms with Crippen molar-refractivity contribution >= 4 is 12.3 Å². The topological polar surface area (TPSA) is 43.4 Å². The molecule has 2 rings (SSSR count). The van der Waals surface area contributed by atoms with Crippen LogP contribution in [0.1, 0.15) is 52.4 Å². The van der Waals surface area contributed by atoms with Gasteiger partial charge in [0.15, 0.2) is 0 Å². The van der Waals surface area contributed by atoms with Gasteiger partial charge in [0.05, 0.1) is 6.61 Å². The Kier molecular flexibility index (Phi) is 5.00. The van der Waals surface area contributed by atoms with Crippen LogP contribution < -0.4 is 0 Å². The molecular formula is C16H26O3. The molecule has 0 radical (unpaired) electrons. The number of esters is 1. The first-order valence-electron chi connectivity index (χ1n) is 7.76. The highest BCUT2D eigenvalue weighted by Crippen LogP contribution is 2.49. The summed E-state index contributed by atoms with van der Waals surface area (Å²) >= 11 is 0. The highest BCUT2D eigenvalue weighted by Gasteiger charge is 2.44. The maximum atomic E-state index is 11.6. The Morgan fingerprint density at radius 2 is 2.05 bits per heavy atom. The van der Waals surface area contributed by atoms with Crippen molar-refractivity contribution in [3.63, 3.8) is 0 Å². The van der Waals surface area contributed by atoms with Crippen molar-refractivity contribution in [2.24, 2.45) is 29.6 Å². The monoisotopic (exact) mass is 266 g/mol. The van der Waals surface area contributed by atoms with Crippen LogP contribution in [0.5, 0.6) is 0 Å². The lowest BCUT2D eigenvalue weighted by Gasteiger charge is -2.47. The molecule has 3 heteroatoms. The lowest BCUT2D eigenvalue weighted by molar-refractivity contribution is -0.145. The van der Waals surface area contributed by atoms with E-state index in [1.165, 1.54) is 38.9 Å². The van der Waals surface area contributed by atoms with Crippen molar-refractivity contribution in [3.05, 3.63) is 0 Å². The Bertz CT molecular complexity index is 326. The van der Waals surface area contributed by atoms with E-state index in [0.717, 1.165) is 12.8 Å². The van der Waals surface area contributed by atoms with Crippen molar-refractivity contribution in [3.8, 4) is 0 Å². The predicted octanol–water partition coefficient (Wildman–Crippen LogP) is 3.22. The van der Waals surface area contributed by atoms with Gasteiger partial charge in [0.2, 0.25) is 0 Å². The Labute approximate surface area is 116 Å². The summed E-state index contributed by atoms with van der Waals surface area (Å²) in [7, 11) is 0. The molecule has 5 atom stereocenters. The van der Waals surface area contributed by atoms with Gasteiger partial charge in [0.1, 0.15) is 6.29 Å². The number of rotatable bonds is 4. The first-order valence-corrected chi connectivity index (χ1v) is 7.76. The number of aldehydes is 1. The molecule has 0 spiro atoms. The quantitative estimate of drug-likeness (QED) is 0.579. The minimum absolute atomic E-state index is 0.185. The second-order valence-electron chi connectivity index (χ2n) is 6.29. The molecule has 0 aromatic heterocycles. The van der Waals surface area contributed by atoms with Crippen LogP contribution in [-0.4, -0.2) is 18.9 Å². The van der Waals surface area contributed by atoms with E-state index in [1.54, 1.807) is 0 Å². The minimum atomic E-state index is -0.205. The highest BCUT2D eigenvalue weighted by molar-refractivity contribution is 5.65. The van der Waals surface area contributed by atoms with Gasteiger partial charge in [-0.3, -0.25) is 4.79 Å². The van der Waals surface area contributed by atoms with Gasteiger partial charge in [-0.15, -0.1) is 0 Å². The van der Waals surface area contributed by atoms with Crippen LogP contribution in [0.15, 0.2) is 0 Å². The summed E-state index contributed by atoms with van der Waals surface area (Å²) in [6.45, 7) is 4.12. The third kappa shape index (κ3) is 3.18. The Morgan fingerprint density at radius 1 is 1.32 bits per heavy atom. The number of ether oxygens (including phenoxy) is 1. The van der Waals surface area contributed by atoms with Gasteiger partial charge in [-0.2, -0.15) is 0 Å². The van der Waals surface area contributed by atoms with Gasteiger partial charge in [0, 0.05) is 12.8 Å². The van der Waals surface area contributed by atoms with E-state index in [9.17, 15) is 9.59 Å². The van der Waals surface area contributed by atoms with Crippen LogP contribution in [0.4, 0.5) is 0 Å². The average molecular weight is 266 g/mol. The van der Waals surface area contributed by atoms with Crippen molar-refractivity contribution in [2.45, 2.75) is 52.4 Å². The maximum Gasteiger partial charge on any atom is 0.302 e. The summed E-state index contributed by atoms with van der Waals surface area (Å²) in [6.07, 6.45) is 8.38. The van der Waals surface area contributed by atoms with Crippen LogP contribution >= 0.6 is 0 Å². The number of carbonyl (C=O) groups is 2. The largest absolute Gasteiger partial charge is 0.466 e. The van der Waals surface area contributed by atoms with Crippen molar-refractivity contribution in [2.75, 3.05) is 6.61 Å². The van der Waals surface area contributed by atoms with Gasteiger partial charge in [-0.05, 0) is 36.5 Å². The summed E-state index contributed by atoms with van der Waals surface area (Å²) < 4.78 is 5.23. The Balaban J connectivity index is 2.09. The molecule has 19 heavy (non-hydrogen) atoms. The molecule has 2 saturated carbocycles. The maximum absolute atomic E-state index is 11.6. The van der Waals surface area contributed by atoms with Gasteiger partial charge < -0.3 is 9.53 Å². The molecule has 2 aliphatic carbocycles. The lowest BCUT2D eigenvalue weighted by Crippen LogP contribution is -2.43. The summed E-state index contributed by atoms with van der Waals surface area (Å²) in [5.74, 6) is 2.02. The molecule has 0 bridgehead atoms. The number of hydrogen-bond donors (Lipinski definition) is 0. The van der Waals surface area contributed by atoms with Gasteiger partial charge in [0.25, 0.3) is 0 Å². The van der Waals surface area contributed by atoms with Crippen LogP contribution in [0, 0.1) is 29.6 Å². The first kappa shape index (κ1) is 14.5. The third-order valence-electron chi connectivity index (χ3n) is 5.30. The fourth-order valence-electron chi connectivity index (χ4n) is 4.45. The van der Waals surface area contributed by atoms with E-state index >= 15 is 0 Å². The molecule has 2 aliphatic rings. The van der Waals surface area contributed by atoms with Gasteiger partial charge in [-0.1, -0.05) is 32.6 Å². The van der Waals surface area contributed by atoms with E-state index < -0.39 is 0 Å². The number of fused-ring (bicyclic) bond motifs is 1. The summed E-state index contributed by atoms with van der Waals surface area (Å²) in [4.78, 5) is 22.6. The molecule has 0 N–H and O–H groups in total. The summed E-state index contributed by atoms with van der Waals surface area (Å²) in [5, 5.41) is 0. The van der Waals surface area contributed by atoms with Gasteiger partial charge in [-0.25, -0.2) is 0 Å². The zero-order valence-corrected chi connectivity index (χ0v) is 12.1. The van der Waals surface area contributed by atoms with Gasteiger partial charge >= 0.3 is 5.97 Å². The highest BCUT2D eigenvalue weighted by atomic mass is 16.5. The molecule has 0 unspecified atom stereocenters. The minimum Gasteiger partial charge on any atom is -0.466 e. The number of carbonyl (C=O) groups excluding carboxylic acids is 2. The van der Waals surface area contributed by atoms with E-state index in [-0.39, 0.29) is 11.9 Å². The second kappa shape index (κ2) is 6.53. The molecule has 0 amide bonds. The lowest BCUT2D eigenvalue weighted by atomic mass is 9.58. The van der Waals surface area contributed by atoms with Crippen molar-refractivity contribution in [1.29, 1.82) is 0 Å². The fraction of sp³-hybridized carbons (Fsp3) is 0.875. The first-order chi connectivity index (χ1) is 9.17. The molecule has 108 valence electrons. The smallest absolute Gasteiger partial charge is 0.302 e. The molecule has 0 saturated heterocycles. The van der Waals surface area contributed by atoms with E-state index in [4.69, 9.17) is 4.74 Å². The van der Waals surface area contributed by atoms with Crippen LogP contribution in [0.25, 0.3) is 0 Å². The Morgan fingerprint density at radius 3 is 2.68 bits per heavy atom. The molecule has 3 nitrogen and oxygen atoms in total. The zero-order chi connectivity index (χ0) is 13.8. The van der Waals surface area contributed by atoms with E-state index in [1.807, 2.05) is 0 Å².